The molecule has 0 radical (unpaired) electrons. The van der Waals surface area contributed by atoms with Gasteiger partial charge in [0.15, 0.2) is 0 Å². The third kappa shape index (κ3) is 3.50. The Hall–Kier alpha value is -2.22. The number of fused-ring (bicyclic) bond motifs is 1. The maximum absolute atomic E-state index is 13.3. The van der Waals surface area contributed by atoms with Gasteiger partial charge in [-0.2, -0.15) is 4.31 Å². The van der Waals surface area contributed by atoms with E-state index in [-0.39, 0.29) is 22.6 Å². The largest absolute Gasteiger partial charge is 0.487 e. The van der Waals surface area contributed by atoms with Crippen molar-refractivity contribution in [3.05, 3.63) is 65.6 Å². The van der Waals surface area contributed by atoms with Crippen molar-refractivity contribution in [3.63, 3.8) is 0 Å². The lowest BCUT2D eigenvalue weighted by Gasteiger charge is -2.18. The monoisotopic (exact) mass is 406 g/mol. The van der Waals surface area contributed by atoms with Gasteiger partial charge in [-0.25, -0.2) is 12.8 Å². The van der Waals surface area contributed by atoms with Crippen LogP contribution in [0.15, 0.2) is 59.6 Å². The Morgan fingerprint density at radius 3 is 2.81 bits per heavy atom. The minimum absolute atomic E-state index is 0.0265. The minimum atomic E-state index is -3.76. The molecular formula is C19H16ClFN2O3S. The van der Waals surface area contributed by atoms with Crippen molar-refractivity contribution < 1.29 is 17.5 Å². The van der Waals surface area contributed by atoms with Gasteiger partial charge in [-0.15, -0.1) is 0 Å². The second-order valence-electron chi connectivity index (χ2n) is 6.30. The number of ether oxygens (including phenoxy) is 1. The molecule has 2 heterocycles. The number of hydrogen-bond acceptors (Lipinski definition) is 4. The maximum atomic E-state index is 13.3. The first-order chi connectivity index (χ1) is 12.9. The molecule has 0 aliphatic carbocycles. The van der Waals surface area contributed by atoms with E-state index in [1.54, 1.807) is 6.20 Å². The fourth-order valence-electron chi connectivity index (χ4n) is 3.15. The lowest BCUT2D eigenvalue weighted by Crippen LogP contribution is -2.31. The molecule has 0 unspecified atom stereocenters. The normalized spacial score (nSPS) is 18.1. The van der Waals surface area contributed by atoms with E-state index in [1.807, 2.05) is 30.3 Å². The molecule has 5 nitrogen and oxygen atoms in total. The minimum Gasteiger partial charge on any atom is -0.487 e. The van der Waals surface area contributed by atoms with Crippen molar-refractivity contribution in [1.29, 1.82) is 0 Å². The van der Waals surface area contributed by atoms with Crippen LogP contribution in [0.2, 0.25) is 5.02 Å². The van der Waals surface area contributed by atoms with Crippen LogP contribution in [0.3, 0.4) is 0 Å². The molecule has 0 saturated carbocycles. The average Bonchev–Trinajstić information content (AvgIpc) is 3.14. The highest BCUT2D eigenvalue weighted by molar-refractivity contribution is 7.89. The third-order valence-corrected chi connectivity index (χ3v) is 6.68. The molecule has 27 heavy (non-hydrogen) atoms. The Kier molecular flexibility index (Phi) is 4.75. The highest BCUT2D eigenvalue weighted by atomic mass is 35.5. The van der Waals surface area contributed by atoms with E-state index in [0.717, 1.165) is 23.0 Å². The zero-order chi connectivity index (χ0) is 19.0. The van der Waals surface area contributed by atoms with Crippen LogP contribution in [-0.2, 0) is 10.0 Å². The van der Waals surface area contributed by atoms with Gasteiger partial charge in [0.1, 0.15) is 23.2 Å². The van der Waals surface area contributed by atoms with E-state index in [1.165, 1.54) is 10.4 Å². The van der Waals surface area contributed by atoms with E-state index >= 15 is 0 Å². The molecule has 0 bridgehead atoms. The van der Waals surface area contributed by atoms with E-state index in [9.17, 15) is 12.8 Å². The quantitative estimate of drug-likeness (QED) is 0.660. The molecule has 0 amide bonds. The van der Waals surface area contributed by atoms with Crippen LogP contribution in [0.25, 0.3) is 10.9 Å². The Labute approximate surface area is 161 Å². The highest BCUT2D eigenvalue weighted by Gasteiger charge is 2.34. The smallest absolute Gasteiger partial charge is 0.243 e. The Bertz CT molecular complexity index is 1100. The van der Waals surface area contributed by atoms with Crippen molar-refractivity contribution in [2.45, 2.75) is 17.4 Å². The first kappa shape index (κ1) is 18.2. The first-order valence-electron chi connectivity index (χ1n) is 8.41. The summed E-state index contributed by atoms with van der Waals surface area (Å²) in [4.78, 5) is 4.32. The van der Waals surface area contributed by atoms with Crippen LogP contribution in [0.4, 0.5) is 4.39 Å². The molecule has 3 aromatic rings. The molecule has 0 N–H and O–H groups in total. The summed E-state index contributed by atoms with van der Waals surface area (Å²) in [6, 6.07) is 12.9. The number of rotatable bonds is 4. The van der Waals surface area contributed by atoms with Crippen LogP contribution in [-0.4, -0.2) is 36.9 Å². The zero-order valence-corrected chi connectivity index (χ0v) is 15.8. The zero-order valence-electron chi connectivity index (χ0n) is 14.2. The standard InChI is InChI=1S/C19H16ClFN2O3S/c20-16-11-15(6-7-17(16)21)27(24,25)23-10-8-14(12-23)26-18-5-1-3-13-4-2-9-22-19(13)18/h1-7,9,11,14H,8,10,12H2/t14-/m1/s1. The van der Waals surface area contributed by atoms with Gasteiger partial charge in [-0.3, -0.25) is 4.98 Å². The molecule has 1 saturated heterocycles. The third-order valence-electron chi connectivity index (χ3n) is 4.53. The van der Waals surface area contributed by atoms with Crippen LogP contribution in [0.5, 0.6) is 5.75 Å². The number of pyridine rings is 1. The summed E-state index contributed by atoms with van der Waals surface area (Å²) < 4.78 is 46.3. The summed E-state index contributed by atoms with van der Waals surface area (Å²) in [5, 5.41) is 0.739. The van der Waals surface area contributed by atoms with Gasteiger partial charge in [0, 0.05) is 18.1 Å². The highest BCUT2D eigenvalue weighted by Crippen LogP contribution is 2.29. The predicted molar refractivity (Wildman–Crippen MR) is 101 cm³/mol. The van der Waals surface area contributed by atoms with Crippen molar-refractivity contribution in [2.24, 2.45) is 0 Å². The summed E-state index contributed by atoms with van der Waals surface area (Å²) in [7, 11) is -3.76. The molecule has 140 valence electrons. The predicted octanol–water partition coefficient (Wildman–Crippen LogP) is 3.87. The van der Waals surface area contributed by atoms with Crippen molar-refractivity contribution >= 4 is 32.5 Å². The van der Waals surface area contributed by atoms with E-state index < -0.39 is 15.8 Å². The van der Waals surface area contributed by atoms with Gasteiger partial charge in [-0.05, 0) is 36.8 Å². The van der Waals surface area contributed by atoms with E-state index in [4.69, 9.17) is 16.3 Å². The first-order valence-corrected chi connectivity index (χ1v) is 10.2. The molecular weight excluding hydrogens is 391 g/mol. The van der Waals surface area contributed by atoms with E-state index in [0.29, 0.717) is 18.7 Å². The van der Waals surface area contributed by atoms with Crippen LogP contribution in [0.1, 0.15) is 6.42 Å². The number of nitrogens with zero attached hydrogens (tertiary/aromatic N) is 2. The Morgan fingerprint density at radius 1 is 1.19 bits per heavy atom. The number of para-hydroxylation sites is 1. The second-order valence-corrected chi connectivity index (χ2v) is 8.64. The molecule has 2 aromatic carbocycles. The second kappa shape index (κ2) is 7.07. The molecule has 0 spiro atoms. The lowest BCUT2D eigenvalue weighted by molar-refractivity contribution is 0.218. The van der Waals surface area contributed by atoms with Gasteiger partial charge in [0.2, 0.25) is 10.0 Å². The van der Waals surface area contributed by atoms with Gasteiger partial charge in [-0.1, -0.05) is 29.8 Å². The van der Waals surface area contributed by atoms with Crippen LogP contribution < -0.4 is 4.74 Å². The number of benzene rings is 2. The Balaban J connectivity index is 1.53. The molecule has 4 rings (SSSR count). The van der Waals surface area contributed by atoms with Crippen molar-refractivity contribution in [3.8, 4) is 5.75 Å². The number of aromatic nitrogens is 1. The molecule has 1 atom stereocenters. The number of halogens is 2. The molecule has 1 aromatic heterocycles. The van der Waals surface area contributed by atoms with Gasteiger partial charge < -0.3 is 4.74 Å². The summed E-state index contributed by atoms with van der Waals surface area (Å²) in [5.41, 5.74) is 0.742. The Morgan fingerprint density at radius 2 is 2.00 bits per heavy atom. The lowest BCUT2D eigenvalue weighted by atomic mass is 10.2. The molecule has 1 fully saturated rings. The fourth-order valence-corrected chi connectivity index (χ4v) is 4.91. The van der Waals surface area contributed by atoms with Crippen molar-refractivity contribution in [1.82, 2.24) is 9.29 Å². The summed E-state index contributed by atoms with van der Waals surface area (Å²) in [5.74, 6) is -0.0242. The van der Waals surface area contributed by atoms with Gasteiger partial charge >= 0.3 is 0 Å². The molecule has 1 aliphatic heterocycles. The van der Waals surface area contributed by atoms with Crippen molar-refractivity contribution in [2.75, 3.05) is 13.1 Å². The average molecular weight is 407 g/mol. The van der Waals surface area contributed by atoms with Gasteiger partial charge in [0.25, 0.3) is 0 Å². The summed E-state index contributed by atoms with van der Waals surface area (Å²) in [6.45, 7) is 0.529. The van der Waals surface area contributed by atoms with Gasteiger partial charge in [0.05, 0.1) is 16.5 Å². The molecule has 1 aliphatic rings. The topological polar surface area (TPSA) is 59.5 Å². The van der Waals surface area contributed by atoms with E-state index in [2.05, 4.69) is 4.98 Å². The number of hydrogen-bond donors (Lipinski definition) is 0. The van der Waals surface area contributed by atoms with Crippen LogP contribution >= 0.6 is 11.6 Å². The SMILES string of the molecule is O=S(=O)(c1ccc(F)c(Cl)c1)N1CC[C@@H](Oc2cccc3cccnc23)C1. The number of sulfonamides is 1. The summed E-state index contributed by atoms with van der Waals surface area (Å²) >= 11 is 5.73. The summed E-state index contributed by atoms with van der Waals surface area (Å²) in [6.07, 6.45) is 1.96. The maximum Gasteiger partial charge on any atom is 0.243 e. The van der Waals surface area contributed by atoms with Crippen LogP contribution in [0, 0.1) is 5.82 Å². The fraction of sp³-hybridized carbons (Fsp3) is 0.211. The molecule has 8 heteroatoms.